The number of fused-ring (bicyclic) bond motifs is 1. The van der Waals surface area contributed by atoms with Gasteiger partial charge in [-0.15, -0.1) is 0 Å². The number of hydrogen-bond acceptors (Lipinski definition) is 5. The Hall–Kier alpha value is -3.41. The lowest BCUT2D eigenvalue weighted by atomic mass is 9.95. The van der Waals surface area contributed by atoms with Crippen LogP contribution in [0.2, 0.25) is 0 Å². The molecule has 6 heteroatoms. The lowest BCUT2D eigenvalue weighted by molar-refractivity contribution is -0.145. The SMILES string of the molecule is Cc1cc2oc(=O)cc(COC(=O)CNC(=O)Cc3ccccc3)c2cc1C(C)C. The number of nitrogens with one attached hydrogen (secondary N) is 1. The van der Waals surface area contributed by atoms with E-state index in [4.69, 9.17) is 9.15 Å². The van der Waals surface area contributed by atoms with Crippen molar-refractivity contribution in [2.45, 2.75) is 39.7 Å². The first-order valence-corrected chi connectivity index (χ1v) is 9.87. The third-order valence-corrected chi connectivity index (χ3v) is 4.86. The molecule has 2 aromatic carbocycles. The van der Waals surface area contributed by atoms with Gasteiger partial charge in [0.2, 0.25) is 5.91 Å². The third-order valence-electron chi connectivity index (χ3n) is 4.86. The molecule has 0 saturated carbocycles. The zero-order valence-electron chi connectivity index (χ0n) is 17.4. The number of rotatable bonds is 7. The first-order valence-electron chi connectivity index (χ1n) is 9.87. The summed E-state index contributed by atoms with van der Waals surface area (Å²) >= 11 is 0. The summed E-state index contributed by atoms with van der Waals surface area (Å²) in [6.07, 6.45) is 0.190. The van der Waals surface area contributed by atoms with Crippen LogP contribution in [0.25, 0.3) is 11.0 Å². The van der Waals surface area contributed by atoms with Crippen LogP contribution in [-0.4, -0.2) is 18.4 Å². The van der Waals surface area contributed by atoms with E-state index in [1.165, 1.54) is 6.07 Å². The average Bonchev–Trinajstić information content (AvgIpc) is 2.70. The van der Waals surface area contributed by atoms with Gasteiger partial charge < -0.3 is 14.5 Å². The summed E-state index contributed by atoms with van der Waals surface area (Å²) in [5.74, 6) is -0.536. The minimum atomic E-state index is -0.575. The molecule has 3 aromatic rings. The normalized spacial score (nSPS) is 10.9. The van der Waals surface area contributed by atoms with E-state index in [1.54, 1.807) is 0 Å². The minimum absolute atomic E-state index is 0.0733. The van der Waals surface area contributed by atoms with Crippen LogP contribution in [0, 0.1) is 6.92 Å². The van der Waals surface area contributed by atoms with Gasteiger partial charge >= 0.3 is 11.6 Å². The number of esters is 1. The third kappa shape index (κ3) is 5.35. The van der Waals surface area contributed by atoms with Crippen molar-refractivity contribution < 1.29 is 18.7 Å². The maximum atomic E-state index is 12.1. The Kier molecular flexibility index (Phi) is 6.67. The fourth-order valence-corrected chi connectivity index (χ4v) is 3.36. The van der Waals surface area contributed by atoms with Crippen molar-refractivity contribution >= 4 is 22.8 Å². The van der Waals surface area contributed by atoms with E-state index in [0.717, 1.165) is 22.1 Å². The second kappa shape index (κ2) is 9.39. The molecule has 6 nitrogen and oxygen atoms in total. The molecule has 0 aliphatic heterocycles. The number of amides is 1. The summed E-state index contributed by atoms with van der Waals surface area (Å²) in [5.41, 5.74) is 3.58. The summed E-state index contributed by atoms with van der Waals surface area (Å²) in [6.45, 7) is 5.84. The van der Waals surface area contributed by atoms with Gasteiger partial charge in [-0.1, -0.05) is 44.2 Å². The maximum Gasteiger partial charge on any atom is 0.336 e. The molecule has 0 aliphatic rings. The molecule has 1 heterocycles. The number of carbonyl (C=O) groups is 2. The molecule has 3 rings (SSSR count). The van der Waals surface area contributed by atoms with Crippen LogP contribution in [0.5, 0.6) is 0 Å². The van der Waals surface area contributed by atoms with Gasteiger partial charge in [-0.25, -0.2) is 4.79 Å². The number of ether oxygens (including phenoxy) is 1. The molecule has 1 amide bonds. The zero-order valence-corrected chi connectivity index (χ0v) is 17.4. The van der Waals surface area contributed by atoms with Crippen LogP contribution in [0.4, 0.5) is 0 Å². The van der Waals surface area contributed by atoms with Crippen molar-refractivity contribution in [3.63, 3.8) is 0 Å². The lowest BCUT2D eigenvalue weighted by Crippen LogP contribution is -2.31. The summed E-state index contributed by atoms with van der Waals surface area (Å²) < 4.78 is 10.6. The minimum Gasteiger partial charge on any atom is -0.459 e. The summed E-state index contributed by atoms with van der Waals surface area (Å²) in [6, 6.07) is 14.4. The van der Waals surface area contributed by atoms with E-state index in [9.17, 15) is 14.4 Å². The van der Waals surface area contributed by atoms with Gasteiger partial charge in [0, 0.05) is 17.0 Å². The van der Waals surface area contributed by atoms with Crippen molar-refractivity contribution in [3.8, 4) is 0 Å². The van der Waals surface area contributed by atoms with E-state index < -0.39 is 11.6 Å². The van der Waals surface area contributed by atoms with Gasteiger partial charge in [-0.2, -0.15) is 0 Å². The molecule has 1 N–H and O–H groups in total. The maximum absolute atomic E-state index is 12.1. The second-order valence-electron chi connectivity index (χ2n) is 7.55. The smallest absolute Gasteiger partial charge is 0.336 e. The van der Waals surface area contributed by atoms with E-state index in [0.29, 0.717) is 17.1 Å². The molecular formula is C24H25NO5. The molecule has 0 aliphatic carbocycles. The number of benzene rings is 2. The highest BCUT2D eigenvalue weighted by atomic mass is 16.5. The molecule has 0 bridgehead atoms. The molecule has 0 unspecified atom stereocenters. The highest BCUT2D eigenvalue weighted by Gasteiger charge is 2.13. The largest absolute Gasteiger partial charge is 0.459 e. The molecule has 30 heavy (non-hydrogen) atoms. The van der Waals surface area contributed by atoms with Gasteiger partial charge in [0.15, 0.2) is 0 Å². The Morgan fingerprint density at radius 1 is 1.10 bits per heavy atom. The predicted molar refractivity (Wildman–Crippen MR) is 114 cm³/mol. The highest BCUT2D eigenvalue weighted by Crippen LogP contribution is 2.27. The topological polar surface area (TPSA) is 85.6 Å². The molecule has 0 fully saturated rings. The molecule has 0 radical (unpaired) electrons. The van der Waals surface area contributed by atoms with E-state index >= 15 is 0 Å². The molecule has 0 atom stereocenters. The van der Waals surface area contributed by atoms with Crippen molar-refractivity contribution in [1.82, 2.24) is 5.32 Å². The molecular weight excluding hydrogens is 382 g/mol. The first kappa shape index (κ1) is 21.3. The second-order valence-corrected chi connectivity index (χ2v) is 7.55. The van der Waals surface area contributed by atoms with Crippen molar-refractivity contribution in [3.05, 3.63) is 81.2 Å². The van der Waals surface area contributed by atoms with Crippen LogP contribution >= 0.6 is 0 Å². The van der Waals surface area contributed by atoms with E-state index in [2.05, 4.69) is 19.2 Å². The Labute approximate surface area is 174 Å². The van der Waals surface area contributed by atoms with Crippen LogP contribution in [0.1, 0.15) is 42.0 Å². The van der Waals surface area contributed by atoms with E-state index in [1.807, 2.05) is 49.4 Å². The average molecular weight is 407 g/mol. The Balaban J connectivity index is 1.64. The van der Waals surface area contributed by atoms with Gasteiger partial charge in [0.1, 0.15) is 18.7 Å². The molecule has 0 saturated heterocycles. The van der Waals surface area contributed by atoms with Crippen LogP contribution in [0.3, 0.4) is 0 Å². The molecule has 156 valence electrons. The Morgan fingerprint density at radius 3 is 2.53 bits per heavy atom. The quantitative estimate of drug-likeness (QED) is 0.478. The zero-order chi connectivity index (χ0) is 21.7. The lowest BCUT2D eigenvalue weighted by Gasteiger charge is -2.13. The Morgan fingerprint density at radius 2 is 1.83 bits per heavy atom. The van der Waals surface area contributed by atoms with Crippen molar-refractivity contribution in [2.24, 2.45) is 0 Å². The van der Waals surface area contributed by atoms with Gasteiger partial charge in [0.05, 0.1) is 6.42 Å². The Bertz CT molecular complexity index is 1120. The van der Waals surface area contributed by atoms with Crippen molar-refractivity contribution in [2.75, 3.05) is 6.54 Å². The fraction of sp³-hybridized carbons (Fsp3) is 0.292. The summed E-state index contributed by atoms with van der Waals surface area (Å²) in [4.78, 5) is 36.0. The predicted octanol–water partition coefficient (Wildman–Crippen LogP) is 3.63. The van der Waals surface area contributed by atoms with Crippen molar-refractivity contribution in [1.29, 1.82) is 0 Å². The number of aryl methyl sites for hydroxylation is 1. The monoisotopic (exact) mass is 407 g/mol. The van der Waals surface area contributed by atoms with Crippen LogP contribution < -0.4 is 10.9 Å². The number of carbonyl (C=O) groups excluding carboxylic acids is 2. The first-order chi connectivity index (χ1) is 14.3. The van der Waals surface area contributed by atoms with Gasteiger partial charge in [-0.3, -0.25) is 9.59 Å². The number of hydrogen-bond donors (Lipinski definition) is 1. The van der Waals surface area contributed by atoms with Crippen LogP contribution in [-0.2, 0) is 27.4 Å². The fourth-order valence-electron chi connectivity index (χ4n) is 3.36. The van der Waals surface area contributed by atoms with E-state index in [-0.39, 0.29) is 25.5 Å². The molecule has 0 spiro atoms. The highest BCUT2D eigenvalue weighted by molar-refractivity contribution is 5.84. The summed E-state index contributed by atoms with van der Waals surface area (Å²) in [5, 5.41) is 3.29. The molecule has 1 aromatic heterocycles. The standard InChI is InChI=1S/C24H25NO5/c1-15(2)19-12-20-18(11-23(27)30-21(20)9-16(19)3)14-29-24(28)13-25-22(26)10-17-7-5-4-6-8-17/h4-9,11-12,15H,10,13-14H2,1-3H3,(H,25,26). The van der Waals surface area contributed by atoms with Crippen LogP contribution in [0.15, 0.2) is 57.7 Å². The van der Waals surface area contributed by atoms with Gasteiger partial charge in [0.25, 0.3) is 0 Å². The summed E-state index contributed by atoms with van der Waals surface area (Å²) in [7, 11) is 0. The van der Waals surface area contributed by atoms with Gasteiger partial charge in [-0.05, 0) is 41.7 Å².